The van der Waals surface area contributed by atoms with E-state index in [9.17, 15) is 9.59 Å². The number of aromatic nitrogens is 6. The molecule has 0 unspecified atom stereocenters. The van der Waals surface area contributed by atoms with Gasteiger partial charge < -0.3 is 15.7 Å². The minimum absolute atomic E-state index is 0.188. The first-order valence-corrected chi connectivity index (χ1v) is 7.36. The summed E-state index contributed by atoms with van der Waals surface area (Å²) in [5.41, 5.74) is 0.330. The number of rotatable bonds is 6. The van der Waals surface area contributed by atoms with Crippen LogP contribution in [0.4, 0.5) is 5.82 Å². The number of carbonyl (C=O) groups excluding carboxylic acids is 2. The van der Waals surface area contributed by atoms with E-state index in [2.05, 4.69) is 31.3 Å². The molecule has 0 aliphatic carbocycles. The lowest BCUT2D eigenvalue weighted by Crippen LogP contribution is -2.23. The van der Waals surface area contributed by atoms with Gasteiger partial charge in [-0.15, -0.1) is 5.10 Å². The van der Waals surface area contributed by atoms with Gasteiger partial charge in [-0.1, -0.05) is 0 Å². The maximum Gasteiger partial charge on any atom is 0.290 e. The second kappa shape index (κ2) is 9.75. The van der Waals surface area contributed by atoms with Crippen LogP contribution in [0.1, 0.15) is 29.5 Å². The van der Waals surface area contributed by atoms with Gasteiger partial charge in [-0.25, -0.2) is 9.36 Å². The first-order valence-electron chi connectivity index (χ1n) is 7.36. The van der Waals surface area contributed by atoms with Gasteiger partial charge in [0.2, 0.25) is 5.91 Å². The number of nitrogens with one attached hydrogen (secondary N) is 2. The lowest BCUT2D eigenvalue weighted by Gasteiger charge is -2.09. The number of carbonyl (C=O) groups is 3. The molecule has 0 atom stereocenters. The Labute approximate surface area is 143 Å². The van der Waals surface area contributed by atoms with Gasteiger partial charge in [0.05, 0.1) is 12.7 Å². The molecule has 12 nitrogen and oxygen atoms in total. The molecule has 0 spiro atoms. The van der Waals surface area contributed by atoms with Crippen molar-refractivity contribution in [3.05, 3.63) is 17.6 Å². The second-order valence-corrected chi connectivity index (χ2v) is 4.65. The summed E-state index contributed by atoms with van der Waals surface area (Å²) in [4.78, 5) is 32.2. The van der Waals surface area contributed by atoms with E-state index >= 15 is 0 Å². The average molecular weight is 352 g/mol. The first-order chi connectivity index (χ1) is 12.0. The summed E-state index contributed by atoms with van der Waals surface area (Å²) in [5.74, 6) is 0.485. The van der Waals surface area contributed by atoms with Gasteiger partial charge in [-0.05, 0) is 24.3 Å². The van der Waals surface area contributed by atoms with Crippen molar-refractivity contribution < 1.29 is 19.5 Å². The molecule has 136 valence electrons. The highest BCUT2D eigenvalue weighted by Gasteiger charge is 2.18. The third kappa shape index (κ3) is 5.37. The minimum Gasteiger partial charge on any atom is -0.483 e. The van der Waals surface area contributed by atoms with E-state index in [0.29, 0.717) is 30.3 Å². The average Bonchev–Trinajstić information content (AvgIpc) is 3.19. The van der Waals surface area contributed by atoms with Crippen molar-refractivity contribution in [2.75, 3.05) is 12.4 Å². The predicted octanol–water partition coefficient (Wildman–Crippen LogP) is -0.713. The van der Waals surface area contributed by atoms with Crippen molar-refractivity contribution in [1.82, 2.24) is 35.3 Å². The molecule has 0 aliphatic heterocycles. The zero-order chi connectivity index (χ0) is 18.8. The lowest BCUT2D eigenvalue weighted by atomic mass is 10.3. The van der Waals surface area contributed by atoms with E-state index in [1.165, 1.54) is 17.9 Å². The molecular weight excluding hydrogens is 332 g/mol. The first kappa shape index (κ1) is 19.7. The number of amides is 2. The summed E-state index contributed by atoms with van der Waals surface area (Å²) in [6, 6.07) is 0. The summed E-state index contributed by atoms with van der Waals surface area (Å²) in [5, 5.41) is 27.3. The fourth-order valence-corrected chi connectivity index (χ4v) is 1.92. The Balaban J connectivity index is 0.000000970. The van der Waals surface area contributed by atoms with Gasteiger partial charge in [0.25, 0.3) is 12.4 Å². The van der Waals surface area contributed by atoms with Gasteiger partial charge >= 0.3 is 0 Å². The van der Waals surface area contributed by atoms with Crippen molar-refractivity contribution >= 4 is 24.1 Å². The Morgan fingerprint density at radius 3 is 2.56 bits per heavy atom. The normalized spacial score (nSPS) is 9.72. The van der Waals surface area contributed by atoms with Crippen LogP contribution < -0.4 is 10.6 Å². The molecule has 2 aromatic rings. The quantitative estimate of drug-likeness (QED) is 0.575. The highest BCUT2D eigenvalue weighted by Crippen LogP contribution is 2.15. The fourth-order valence-electron chi connectivity index (χ4n) is 1.92. The molecule has 2 amide bonds. The monoisotopic (exact) mass is 352 g/mol. The van der Waals surface area contributed by atoms with Crippen LogP contribution in [0.15, 0.2) is 6.20 Å². The fraction of sp³-hybridized carbons (Fsp3) is 0.462. The highest BCUT2D eigenvalue weighted by atomic mass is 16.3. The number of aryl methyl sites for hydroxylation is 3. The zero-order valence-electron chi connectivity index (χ0n) is 14.1. The van der Waals surface area contributed by atoms with Crippen molar-refractivity contribution in [3.8, 4) is 0 Å². The standard InChI is InChI=1S/C12H18N8O2.CH2O2/c1-4-19-11(9(7-14-19)12(22)13-3)15-10(21)5-6-20-8(2)16-17-18-20;2-1-3/h7H,4-6H2,1-3H3,(H,13,22)(H,15,21);1H,(H,2,3). The molecule has 0 saturated heterocycles. The van der Waals surface area contributed by atoms with E-state index < -0.39 is 0 Å². The molecule has 2 heterocycles. The molecule has 2 aromatic heterocycles. The van der Waals surface area contributed by atoms with Crippen molar-refractivity contribution in [2.45, 2.75) is 33.4 Å². The van der Waals surface area contributed by atoms with E-state index in [-0.39, 0.29) is 24.7 Å². The van der Waals surface area contributed by atoms with Crippen molar-refractivity contribution in [3.63, 3.8) is 0 Å². The summed E-state index contributed by atoms with van der Waals surface area (Å²) in [7, 11) is 1.53. The smallest absolute Gasteiger partial charge is 0.290 e. The molecule has 25 heavy (non-hydrogen) atoms. The van der Waals surface area contributed by atoms with Crippen LogP contribution in [-0.2, 0) is 22.7 Å². The van der Waals surface area contributed by atoms with Crippen LogP contribution in [0.25, 0.3) is 0 Å². The molecule has 0 fully saturated rings. The summed E-state index contributed by atoms with van der Waals surface area (Å²) >= 11 is 0. The third-order valence-electron chi connectivity index (χ3n) is 3.13. The number of hydrogen-bond acceptors (Lipinski definition) is 7. The SMILES string of the molecule is CCn1ncc(C(=O)NC)c1NC(=O)CCn1nnnc1C.O=CO. The molecule has 0 saturated carbocycles. The van der Waals surface area contributed by atoms with Gasteiger partial charge in [0, 0.05) is 20.0 Å². The third-order valence-corrected chi connectivity index (χ3v) is 3.13. The molecule has 3 N–H and O–H groups in total. The van der Waals surface area contributed by atoms with Crippen LogP contribution in [-0.4, -0.2) is 60.4 Å². The Morgan fingerprint density at radius 2 is 2.04 bits per heavy atom. The molecular formula is C13H20N8O4. The Hall–Kier alpha value is -3.31. The van der Waals surface area contributed by atoms with Crippen LogP contribution in [0.5, 0.6) is 0 Å². The molecule has 2 rings (SSSR count). The Kier molecular flexibility index (Phi) is 7.69. The minimum atomic E-state index is -0.300. The molecule has 0 aromatic carbocycles. The Bertz CT molecular complexity index is 723. The van der Waals surface area contributed by atoms with Crippen LogP contribution in [0, 0.1) is 6.92 Å². The number of hydrogen-bond donors (Lipinski definition) is 3. The number of carboxylic acid groups (broad SMARTS) is 1. The maximum absolute atomic E-state index is 12.1. The van der Waals surface area contributed by atoms with Crippen molar-refractivity contribution in [2.24, 2.45) is 0 Å². The Morgan fingerprint density at radius 1 is 1.36 bits per heavy atom. The number of nitrogens with zero attached hydrogens (tertiary/aromatic N) is 6. The van der Waals surface area contributed by atoms with Crippen LogP contribution >= 0.6 is 0 Å². The molecule has 0 aliphatic rings. The summed E-state index contributed by atoms with van der Waals surface area (Å²) in [6.07, 6.45) is 1.62. The van der Waals surface area contributed by atoms with E-state index in [0.717, 1.165) is 0 Å². The summed E-state index contributed by atoms with van der Waals surface area (Å²) < 4.78 is 3.10. The van der Waals surface area contributed by atoms with Gasteiger partial charge in [-0.2, -0.15) is 5.10 Å². The topological polar surface area (TPSA) is 157 Å². The number of anilines is 1. The van der Waals surface area contributed by atoms with E-state index in [1.807, 2.05) is 6.92 Å². The largest absolute Gasteiger partial charge is 0.483 e. The lowest BCUT2D eigenvalue weighted by molar-refractivity contribution is -0.123. The van der Waals surface area contributed by atoms with Gasteiger partial charge in [0.15, 0.2) is 0 Å². The van der Waals surface area contributed by atoms with Gasteiger partial charge in [-0.3, -0.25) is 14.4 Å². The number of tetrazole rings is 1. The molecule has 0 bridgehead atoms. The summed E-state index contributed by atoms with van der Waals surface area (Å²) in [6.45, 7) is 4.29. The predicted molar refractivity (Wildman–Crippen MR) is 85.8 cm³/mol. The highest BCUT2D eigenvalue weighted by molar-refractivity contribution is 6.02. The molecule has 12 heteroatoms. The van der Waals surface area contributed by atoms with Crippen LogP contribution in [0.3, 0.4) is 0 Å². The molecule has 0 radical (unpaired) electrons. The maximum atomic E-state index is 12.1. The zero-order valence-corrected chi connectivity index (χ0v) is 14.1. The second-order valence-electron chi connectivity index (χ2n) is 4.65. The van der Waals surface area contributed by atoms with Crippen molar-refractivity contribution in [1.29, 1.82) is 0 Å². The van der Waals surface area contributed by atoms with E-state index in [4.69, 9.17) is 9.90 Å². The van der Waals surface area contributed by atoms with Gasteiger partial charge in [0.1, 0.15) is 17.2 Å². The van der Waals surface area contributed by atoms with Crippen LogP contribution in [0.2, 0.25) is 0 Å². The van der Waals surface area contributed by atoms with E-state index in [1.54, 1.807) is 11.6 Å².